The molecule has 0 amide bonds. The van der Waals surface area contributed by atoms with Crippen LogP contribution in [0.3, 0.4) is 0 Å². The quantitative estimate of drug-likeness (QED) is 0.928. The van der Waals surface area contributed by atoms with Crippen LogP contribution in [0.25, 0.3) is 0 Å². The van der Waals surface area contributed by atoms with Gasteiger partial charge in [-0.25, -0.2) is 8.42 Å². The van der Waals surface area contributed by atoms with Crippen LogP contribution in [0, 0.1) is 5.92 Å². The van der Waals surface area contributed by atoms with Gasteiger partial charge >= 0.3 is 0 Å². The minimum absolute atomic E-state index is 0.0125. The Labute approximate surface area is 128 Å². The average Bonchev–Trinajstić information content (AvgIpc) is 2.41. The lowest BCUT2D eigenvalue weighted by atomic mass is 10.0. The molecule has 0 radical (unpaired) electrons. The van der Waals surface area contributed by atoms with Gasteiger partial charge in [-0.1, -0.05) is 26.0 Å². The molecule has 2 unspecified atom stereocenters. The zero-order valence-corrected chi connectivity index (χ0v) is 14.2. The molecular formula is C16H26N2O2S. The highest BCUT2D eigenvalue weighted by molar-refractivity contribution is 7.89. The second-order valence-corrected chi connectivity index (χ2v) is 8.37. The van der Waals surface area contributed by atoms with Crippen molar-refractivity contribution in [1.29, 1.82) is 0 Å². The minimum atomic E-state index is -3.40. The van der Waals surface area contributed by atoms with Crippen molar-refractivity contribution in [3.63, 3.8) is 0 Å². The number of hydrogen-bond acceptors (Lipinski definition) is 3. The first-order chi connectivity index (χ1) is 9.80. The molecule has 1 aliphatic heterocycles. The van der Waals surface area contributed by atoms with Gasteiger partial charge in [-0.3, -0.25) is 0 Å². The number of sulfonamides is 1. The topological polar surface area (TPSA) is 49.4 Å². The Balaban J connectivity index is 2.22. The Kier molecular flexibility index (Phi) is 5.07. The third kappa shape index (κ3) is 3.84. The highest BCUT2D eigenvalue weighted by Crippen LogP contribution is 2.21. The van der Waals surface area contributed by atoms with Gasteiger partial charge in [-0.15, -0.1) is 0 Å². The number of rotatable bonds is 4. The van der Waals surface area contributed by atoms with E-state index in [0.29, 0.717) is 23.9 Å². The van der Waals surface area contributed by atoms with Crippen LogP contribution in [0.15, 0.2) is 29.2 Å². The molecule has 4 nitrogen and oxygen atoms in total. The Morgan fingerprint density at radius 1 is 1.24 bits per heavy atom. The molecule has 5 heteroatoms. The minimum Gasteiger partial charge on any atom is -0.311 e. The lowest BCUT2D eigenvalue weighted by Crippen LogP contribution is -2.56. The summed E-state index contributed by atoms with van der Waals surface area (Å²) in [5.74, 6) is 0.571. The van der Waals surface area contributed by atoms with Crippen LogP contribution in [-0.4, -0.2) is 37.9 Å². The van der Waals surface area contributed by atoms with Crippen molar-refractivity contribution in [3.8, 4) is 0 Å². The van der Waals surface area contributed by atoms with E-state index >= 15 is 0 Å². The second-order valence-electron chi connectivity index (χ2n) is 6.47. The van der Waals surface area contributed by atoms with Crippen molar-refractivity contribution >= 4 is 10.0 Å². The van der Waals surface area contributed by atoms with Gasteiger partial charge in [0.25, 0.3) is 0 Å². The fourth-order valence-corrected chi connectivity index (χ4v) is 4.45. The molecule has 0 aliphatic carbocycles. The summed E-state index contributed by atoms with van der Waals surface area (Å²) in [7, 11) is -3.40. The summed E-state index contributed by atoms with van der Waals surface area (Å²) in [5, 5.41) is 3.31. The van der Waals surface area contributed by atoms with E-state index in [9.17, 15) is 8.42 Å². The predicted octanol–water partition coefficient (Wildman–Crippen LogP) is 2.26. The first-order valence-corrected chi connectivity index (χ1v) is 9.09. The molecule has 1 N–H and O–H groups in total. The zero-order chi connectivity index (χ0) is 15.6. The van der Waals surface area contributed by atoms with Gasteiger partial charge in [0, 0.05) is 25.2 Å². The van der Waals surface area contributed by atoms with Crippen LogP contribution >= 0.6 is 0 Å². The highest BCUT2D eigenvalue weighted by atomic mass is 32.2. The summed E-state index contributed by atoms with van der Waals surface area (Å²) in [4.78, 5) is 0.399. The molecule has 0 aromatic heterocycles. The molecule has 2 rings (SSSR count). The number of benzene rings is 1. The molecule has 0 saturated carbocycles. The first-order valence-electron chi connectivity index (χ1n) is 7.65. The Bertz CT molecular complexity index is 566. The second kappa shape index (κ2) is 6.46. The predicted molar refractivity (Wildman–Crippen MR) is 85.8 cm³/mol. The third-order valence-corrected chi connectivity index (χ3v) is 5.88. The van der Waals surface area contributed by atoms with Gasteiger partial charge in [-0.05, 0) is 43.9 Å². The van der Waals surface area contributed by atoms with E-state index in [2.05, 4.69) is 19.2 Å². The van der Waals surface area contributed by atoms with Gasteiger partial charge in [0.05, 0.1) is 4.90 Å². The summed E-state index contributed by atoms with van der Waals surface area (Å²) >= 11 is 0. The van der Waals surface area contributed by atoms with Crippen LogP contribution < -0.4 is 5.32 Å². The molecule has 2 atom stereocenters. The van der Waals surface area contributed by atoms with Crippen molar-refractivity contribution in [1.82, 2.24) is 9.62 Å². The fraction of sp³-hybridized carbons (Fsp3) is 0.625. The van der Waals surface area contributed by atoms with E-state index in [0.717, 1.165) is 6.42 Å². The molecule has 1 saturated heterocycles. The molecular weight excluding hydrogens is 284 g/mol. The normalized spacial score (nSPS) is 24.4. The van der Waals surface area contributed by atoms with E-state index in [4.69, 9.17) is 0 Å². The van der Waals surface area contributed by atoms with Crippen LogP contribution in [0.5, 0.6) is 0 Å². The summed E-state index contributed by atoms with van der Waals surface area (Å²) in [6.45, 7) is 9.51. The Morgan fingerprint density at radius 3 is 2.43 bits per heavy atom. The lowest BCUT2D eigenvalue weighted by molar-refractivity contribution is 0.244. The maximum atomic E-state index is 12.8. The average molecular weight is 310 g/mol. The SMILES string of the molecule is CC(C)Cc1ccc(S(=O)(=O)N2CC(C)NCC2C)cc1. The number of nitrogens with one attached hydrogen (secondary N) is 1. The molecule has 1 fully saturated rings. The van der Waals surface area contributed by atoms with Crippen molar-refractivity contribution in [2.45, 2.75) is 51.1 Å². The van der Waals surface area contributed by atoms with Gasteiger partial charge in [-0.2, -0.15) is 4.31 Å². The van der Waals surface area contributed by atoms with Gasteiger partial charge in [0.2, 0.25) is 10.0 Å². The number of hydrogen-bond donors (Lipinski definition) is 1. The number of piperazine rings is 1. The number of nitrogens with zero attached hydrogens (tertiary/aromatic N) is 1. The first kappa shape index (κ1) is 16.5. The van der Waals surface area contributed by atoms with Crippen molar-refractivity contribution in [2.24, 2.45) is 5.92 Å². The van der Waals surface area contributed by atoms with E-state index in [1.807, 2.05) is 26.0 Å². The molecule has 118 valence electrons. The van der Waals surface area contributed by atoms with E-state index in [1.54, 1.807) is 16.4 Å². The van der Waals surface area contributed by atoms with Crippen LogP contribution in [0.2, 0.25) is 0 Å². The van der Waals surface area contributed by atoms with Crippen LogP contribution in [-0.2, 0) is 16.4 Å². The maximum absolute atomic E-state index is 12.8. The summed E-state index contributed by atoms with van der Waals surface area (Å²) in [6, 6.07) is 7.53. The smallest absolute Gasteiger partial charge is 0.243 e. The van der Waals surface area contributed by atoms with Gasteiger partial charge in [0.15, 0.2) is 0 Å². The fourth-order valence-electron chi connectivity index (χ4n) is 2.73. The van der Waals surface area contributed by atoms with E-state index in [1.165, 1.54) is 5.56 Å². The third-order valence-electron chi connectivity index (χ3n) is 3.88. The van der Waals surface area contributed by atoms with Crippen molar-refractivity contribution < 1.29 is 8.42 Å². The van der Waals surface area contributed by atoms with Crippen LogP contribution in [0.1, 0.15) is 33.3 Å². The zero-order valence-electron chi connectivity index (χ0n) is 13.3. The lowest BCUT2D eigenvalue weighted by Gasteiger charge is -2.36. The van der Waals surface area contributed by atoms with Gasteiger partial charge in [0.1, 0.15) is 0 Å². The standard InChI is InChI=1S/C16H26N2O2S/c1-12(2)9-15-5-7-16(8-6-15)21(19,20)18-11-13(3)17-10-14(18)4/h5-8,12-14,17H,9-11H2,1-4H3. The Morgan fingerprint density at radius 2 is 1.86 bits per heavy atom. The molecule has 1 aromatic rings. The summed E-state index contributed by atoms with van der Waals surface area (Å²) < 4.78 is 27.2. The largest absolute Gasteiger partial charge is 0.311 e. The molecule has 1 aromatic carbocycles. The Hall–Kier alpha value is -0.910. The summed E-state index contributed by atoms with van der Waals surface area (Å²) in [6.07, 6.45) is 0.974. The van der Waals surface area contributed by atoms with E-state index in [-0.39, 0.29) is 12.1 Å². The monoisotopic (exact) mass is 310 g/mol. The van der Waals surface area contributed by atoms with E-state index < -0.39 is 10.0 Å². The highest BCUT2D eigenvalue weighted by Gasteiger charge is 2.33. The maximum Gasteiger partial charge on any atom is 0.243 e. The van der Waals surface area contributed by atoms with Crippen molar-refractivity contribution in [2.75, 3.05) is 13.1 Å². The molecule has 1 aliphatic rings. The van der Waals surface area contributed by atoms with Crippen LogP contribution in [0.4, 0.5) is 0 Å². The summed E-state index contributed by atoms with van der Waals surface area (Å²) in [5.41, 5.74) is 1.19. The molecule has 21 heavy (non-hydrogen) atoms. The molecule has 0 spiro atoms. The molecule has 0 bridgehead atoms. The van der Waals surface area contributed by atoms with Gasteiger partial charge < -0.3 is 5.32 Å². The molecule has 1 heterocycles. The van der Waals surface area contributed by atoms with Crippen molar-refractivity contribution in [3.05, 3.63) is 29.8 Å².